The van der Waals surface area contributed by atoms with Crippen LogP contribution in [0, 0.1) is 49.2 Å². The third-order valence-electron chi connectivity index (χ3n) is 7.29. The first-order valence-corrected chi connectivity index (χ1v) is 14.8. The summed E-state index contributed by atoms with van der Waals surface area (Å²) in [6, 6.07) is 38.8. The summed E-state index contributed by atoms with van der Waals surface area (Å²) in [5.41, 5.74) is 3.74. The zero-order valence-corrected chi connectivity index (χ0v) is 28.1. The van der Waals surface area contributed by atoms with Crippen LogP contribution in [0.3, 0.4) is 0 Å². The Labute approximate surface area is 296 Å². The molecule has 2 N–H and O–H groups in total. The number of benzene rings is 4. The van der Waals surface area contributed by atoms with Crippen molar-refractivity contribution in [3.8, 4) is 22.9 Å². The zero-order chi connectivity index (χ0) is 34.2. The van der Waals surface area contributed by atoms with Gasteiger partial charge in [-0.05, 0) is 72.7 Å². The normalized spacial score (nSPS) is 10.2. The minimum atomic E-state index is -0.745. The van der Waals surface area contributed by atoms with E-state index in [4.69, 9.17) is 0 Å². The van der Waals surface area contributed by atoms with E-state index in [1.54, 1.807) is 45.8 Å². The van der Waals surface area contributed by atoms with Crippen molar-refractivity contribution >= 4 is 21.8 Å². The van der Waals surface area contributed by atoms with Gasteiger partial charge in [-0.25, -0.2) is 41.8 Å². The van der Waals surface area contributed by atoms with E-state index < -0.39 is 23.3 Å². The van der Waals surface area contributed by atoms with E-state index in [1.807, 2.05) is 86.6 Å². The molecule has 0 aliphatic heterocycles. The number of aromatic nitrogens is 2. The molecule has 2 heterocycles. The Kier molecular flexibility index (Phi) is 12.4. The first-order valence-electron chi connectivity index (χ1n) is 14.8. The van der Waals surface area contributed by atoms with Crippen LogP contribution in [0.4, 0.5) is 17.6 Å². The fraction of sp³-hybridized carbons (Fsp3) is 0.0500. The van der Waals surface area contributed by atoms with Gasteiger partial charge in [0.25, 0.3) is 0 Å². The van der Waals surface area contributed by atoms with Crippen LogP contribution in [0.5, 0.6) is 11.5 Å². The summed E-state index contributed by atoms with van der Waals surface area (Å²) in [5, 5.41) is 20.6. The second kappa shape index (κ2) is 16.7. The Balaban J connectivity index is 0.000000169. The van der Waals surface area contributed by atoms with Gasteiger partial charge in [0, 0.05) is 57.5 Å². The minimum Gasteiger partial charge on any atom is -0.508 e. The number of rotatable bonds is 2. The number of halogens is 4. The second-order valence-corrected chi connectivity index (χ2v) is 10.7. The van der Waals surface area contributed by atoms with E-state index in [9.17, 15) is 27.8 Å². The van der Waals surface area contributed by atoms with Crippen LogP contribution in [0.25, 0.3) is 33.2 Å². The molecule has 2 aromatic heterocycles. The van der Waals surface area contributed by atoms with Crippen LogP contribution in [0.1, 0.15) is 11.1 Å². The summed E-state index contributed by atoms with van der Waals surface area (Å²) >= 11 is 0. The van der Waals surface area contributed by atoms with Crippen molar-refractivity contribution in [2.75, 3.05) is 0 Å². The number of aromatic hydroxyl groups is 2. The average Bonchev–Trinajstić information content (AvgIpc) is 3.89. The third-order valence-corrected chi connectivity index (χ3v) is 7.29. The summed E-state index contributed by atoms with van der Waals surface area (Å²) in [7, 11) is 0. The van der Waals surface area contributed by atoms with E-state index in [-0.39, 0.29) is 44.6 Å². The van der Waals surface area contributed by atoms with Gasteiger partial charge < -0.3 is 19.3 Å². The van der Waals surface area contributed by atoms with Gasteiger partial charge in [0.1, 0.15) is 11.5 Å². The summed E-state index contributed by atoms with van der Waals surface area (Å²) in [5.74, 6) is -2.65. The van der Waals surface area contributed by atoms with Gasteiger partial charge >= 0.3 is 21.7 Å². The van der Waals surface area contributed by atoms with Gasteiger partial charge in [-0.3, -0.25) is 0 Å². The minimum absolute atomic E-state index is 0. The van der Waals surface area contributed by atoms with Crippen molar-refractivity contribution in [1.82, 2.24) is 9.13 Å². The van der Waals surface area contributed by atoms with Gasteiger partial charge in [-0.2, -0.15) is 36.4 Å². The molecular formula is C40H30F4N2O2Ti. The fourth-order valence-electron chi connectivity index (χ4n) is 5.05. The van der Waals surface area contributed by atoms with Gasteiger partial charge in [-0.1, -0.05) is 0 Å². The SMILES string of the molecule is Cc1cn(-c2ccc(F)[c-]c2F)c2ccc(O)cc12.Cc1cn(-c2ccc(F)[c-]c2F)c2ccc(O)cc12.[Ti+4].c1cc[cH-]c1.c1cc[cH-]c1. The molecule has 0 aliphatic carbocycles. The van der Waals surface area contributed by atoms with E-state index in [1.165, 1.54) is 36.4 Å². The summed E-state index contributed by atoms with van der Waals surface area (Å²) in [6.07, 6.45) is 3.49. The van der Waals surface area contributed by atoms with Crippen molar-refractivity contribution in [1.29, 1.82) is 0 Å². The van der Waals surface area contributed by atoms with Crippen molar-refractivity contribution in [3.05, 3.63) is 180 Å². The maximum atomic E-state index is 13.8. The van der Waals surface area contributed by atoms with Crippen LogP contribution >= 0.6 is 0 Å². The molecule has 0 amide bonds. The number of hydrogen-bond donors (Lipinski definition) is 2. The molecule has 0 spiro atoms. The quantitative estimate of drug-likeness (QED) is 0.108. The predicted molar refractivity (Wildman–Crippen MR) is 181 cm³/mol. The van der Waals surface area contributed by atoms with Gasteiger partial charge in [-0.15, -0.1) is 36.4 Å². The average molecular weight is 695 g/mol. The molecule has 6 aromatic carbocycles. The van der Waals surface area contributed by atoms with Crippen LogP contribution in [0.2, 0.25) is 0 Å². The number of fused-ring (bicyclic) bond motifs is 2. The Morgan fingerprint density at radius 3 is 1.22 bits per heavy atom. The standard InChI is InChI=1S/2C15H10F2NO.2C5H5.Ti/c2*1-9-8-18(14-5-3-11(19)7-12(9)14)15-4-2-10(16)6-13(15)17;2*1-2-4-5-3-1;/h2*2-5,7-8,19H,1H3;2*1-5H;/q4*-1;+4. The molecule has 0 saturated carbocycles. The third kappa shape index (κ3) is 8.99. The molecule has 0 aliphatic rings. The van der Waals surface area contributed by atoms with Crippen molar-refractivity contribution in [2.45, 2.75) is 13.8 Å². The molecule has 8 aromatic rings. The summed E-state index contributed by atoms with van der Waals surface area (Å²) in [4.78, 5) is 0. The Hall–Kier alpha value is -5.31. The smallest absolute Gasteiger partial charge is 0.508 e. The van der Waals surface area contributed by atoms with Crippen molar-refractivity contribution in [2.24, 2.45) is 0 Å². The first kappa shape index (κ1) is 36.5. The van der Waals surface area contributed by atoms with Crippen molar-refractivity contribution in [3.63, 3.8) is 0 Å². The molecule has 0 atom stereocenters. The summed E-state index contributed by atoms with van der Waals surface area (Å²) < 4.78 is 56.6. The van der Waals surface area contributed by atoms with E-state index >= 15 is 0 Å². The molecule has 0 bridgehead atoms. The molecule has 0 radical (unpaired) electrons. The second-order valence-electron chi connectivity index (χ2n) is 10.7. The van der Waals surface area contributed by atoms with Gasteiger partial charge in [0.05, 0.1) is 0 Å². The van der Waals surface area contributed by atoms with Crippen LogP contribution < -0.4 is 0 Å². The number of nitrogens with zero attached hydrogens (tertiary/aromatic N) is 2. The molecule has 0 fully saturated rings. The van der Waals surface area contributed by atoms with E-state index in [2.05, 4.69) is 0 Å². The van der Waals surface area contributed by atoms with Gasteiger partial charge in [0.2, 0.25) is 0 Å². The molecular weight excluding hydrogens is 664 g/mol. The number of aryl methyl sites for hydroxylation is 2. The van der Waals surface area contributed by atoms with E-state index in [0.29, 0.717) is 0 Å². The molecule has 4 nitrogen and oxygen atoms in total. The molecule has 244 valence electrons. The number of hydrogen-bond acceptors (Lipinski definition) is 2. The molecule has 8 rings (SSSR count). The molecule has 0 saturated heterocycles. The molecule has 9 heteroatoms. The number of phenols is 2. The first-order chi connectivity index (χ1) is 23.1. The van der Waals surface area contributed by atoms with Gasteiger partial charge in [0.15, 0.2) is 0 Å². The predicted octanol–water partition coefficient (Wildman–Crippen LogP) is 10.3. The Morgan fingerprint density at radius 1 is 0.551 bits per heavy atom. The zero-order valence-electron chi connectivity index (χ0n) is 26.5. The maximum absolute atomic E-state index is 13.8. The molecule has 49 heavy (non-hydrogen) atoms. The fourth-order valence-corrected chi connectivity index (χ4v) is 5.05. The van der Waals surface area contributed by atoms with E-state index in [0.717, 1.165) is 32.9 Å². The van der Waals surface area contributed by atoms with Crippen LogP contribution in [-0.2, 0) is 21.7 Å². The summed E-state index contributed by atoms with van der Waals surface area (Å²) in [6.45, 7) is 3.73. The Morgan fingerprint density at radius 2 is 0.918 bits per heavy atom. The topological polar surface area (TPSA) is 50.3 Å². The van der Waals surface area contributed by atoms with Crippen molar-refractivity contribution < 1.29 is 49.5 Å². The molecule has 0 unspecified atom stereocenters. The Bertz CT molecular complexity index is 2040. The number of phenolic OH excluding ortho intramolecular Hbond substituents is 2. The maximum Gasteiger partial charge on any atom is 4.00 e. The van der Waals surface area contributed by atoms with Crippen LogP contribution in [0.15, 0.2) is 134 Å². The largest absolute Gasteiger partial charge is 4.00 e. The monoisotopic (exact) mass is 694 g/mol. The van der Waals surface area contributed by atoms with Crippen LogP contribution in [-0.4, -0.2) is 19.3 Å².